The quantitative estimate of drug-likeness (QED) is 0.469. The molecule has 3 aromatic carbocycles. The summed E-state index contributed by atoms with van der Waals surface area (Å²) < 4.78 is 0. The lowest BCUT2D eigenvalue weighted by Gasteiger charge is -2.27. The molecule has 1 fully saturated rings. The van der Waals surface area contributed by atoms with Crippen molar-refractivity contribution in [2.24, 2.45) is 0 Å². The van der Waals surface area contributed by atoms with E-state index in [1.165, 1.54) is 19.3 Å². The average Bonchev–Trinajstić information content (AvgIpc) is 2.88. The molecule has 3 aromatic rings. The number of rotatable bonds is 5. The molecule has 2 aliphatic heterocycles. The van der Waals surface area contributed by atoms with Gasteiger partial charge in [-0.15, -0.1) is 0 Å². The zero-order chi connectivity index (χ0) is 24.4. The molecule has 6 heteroatoms. The molecular weight excluding hydrogens is 458 g/mol. The molecule has 5 rings (SSSR count). The number of likely N-dealkylation sites (tertiary alicyclic amines) is 1. The van der Waals surface area contributed by atoms with Crippen LogP contribution < -0.4 is 10.2 Å². The summed E-state index contributed by atoms with van der Waals surface area (Å²) in [6.45, 7) is 2.97. The van der Waals surface area contributed by atoms with Crippen LogP contribution >= 0.6 is 11.6 Å². The van der Waals surface area contributed by atoms with Crippen LogP contribution in [0.1, 0.15) is 47.2 Å². The molecule has 0 atom stereocenters. The molecule has 35 heavy (non-hydrogen) atoms. The van der Waals surface area contributed by atoms with E-state index in [2.05, 4.69) is 10.2 Å². The topological polar surface area (TPSA) is 52.7 Å². The Morgan fingerprint density at radius 1 is 0.943 bits per heavy atom. The molecule has 2 aliphatic rings. The smallest absolute Gasteiger partial charge is 0.255 e. The van der Waals surface area contributed by atoms with Gasteiger partial charge in [0.05, 0.1) is 0 Å². The molecule has 2 heterocycles. The number of anilines is 2. The van der Waals surface area contributed by atoms with Gasteiger partial charge in [-0.25, -0.2) is 0 Å². The van der Waals surface area contributed by atoms with E-state index in [-0.39, 0.29) is 11.8 Å². The van der Waals surface area contributed by atoms with Crippen molar-refractivity contribution in [3.63, 3.8) is 0 Å². The molecular formula is C29H30ClN3O2. The lowest BCUT2D eigenvalue weighted by atomic mass is 9.96. The van der Waals surface area contributed by atoms with E-state index in [1.807, 2.05) is 60.7 Å². The largest absolute Gasteiger partial charge is 0.322 e. The van der Waals surface area contributed by atoms with Gasteiger partial charge in [-0.05, 0) is 91.0 Å². The van der Waals surface area contributed by atoms with Gasteiger partial charge in [0, 0.05) is 42.0 Å². The molecule has 5 nitrogen and oxygen atoms in total. The highest BCUT2D eigenvalue weighted by atomic mass is 35.5. The summed E-state index contributed by atoms with van der Waals surface area (Å²) in [6.07, 6.45) is 4.97. The average molecular weight is 488 g/mol. The Labute approximate surface area is 211 Å². The van der Waals surface area contributed by atoms with E-state index < -0.39 is 0 Å². The Hall–Kier alpha value is -3.15. The van der Waals surface area contributed by atoms with Crippen LogP contribution in [-0.4, -0.2) is 36.9 Å². The number of benzene rings is 3. The summed E-state index contributed by atoms with van der Waals surface area (Å²) in [5, 5.41) is 3.74. The van der Waals surface area contributed by atoms with Crippen molar-refractivity contribution < 1.29 is 9.59 Å². The zero-order valence-electron chi connectivity index (χ0n) is 20.0. The number of carbonyl (C=O) groups is 2. The standard InChI is InChI=1S/C29H30ClN3O2/c1-32-27-18-25(12-7-21(27)9-14-28(32)34)31-29(35)22-8-13-26(20-5-10-24(30)11-6-20)23(17-22)19-33-15-3-2-4-16-33/h5-8,10-13,17-18H,2-4,9,14-16,19H2,1H3,(H,31,35). The van der Waals surface area contributed by atoms with Crippen LogP contribution in [0.4, 0.5) is 11.4 Å². The highest BCUT2D eigenvalue weighted by molar-refractivity contribution is 6.30. The molecule has 0 aliphatic carbocycles. The van der Waals surface area contributed by atoms with Gasteiger partial charge in [0.1, 0.15) is 0 Å². The van der Waals surface area contributed by atoms with Crippen LogP contribution in [-0.2, 0) is 17.8 Å². The number of halogens is 1. The van der Waals surface area contributed by atoms with Gasteiger partial charge < -0.3 is 10.2 Å². The van der Waals surface area contributed by atoms with Crippen LogP contribution in [0.15, 0.2) is 60.7 Å². The number of nitrogens with zero attached hydrogens (tertiary/aromatic N) is 2. The predicted octanol–water partition coefficient (Wildman–Crippen LogP) is 6.15. The first-order valence-electron chi connectivity index (χ1n) is 12.3. The number of hydrogen-bond acceptors (Lipinski definition) is 3. The van der Waals surface area contributed by atoms with Crippen LogP contribution in [0, 0.1) is 0 Å². The molecule has 0 saturated carbocycles. The van der Waals surface area contributed by atoms with E-state index in [1.54, 1.807) is 11.9 Å². The maximum atomic E-state index is 13.2. The summed E-state index contributed by atoms with van der Waals surface area (Å²) in [4.78, 5) is 29.5. The van der Waals surface area contributed by atoms with Crippen LogP contribution in [0.5, 0.6) is 0 Å². The van der Waals surface area contributed by atoms with E-state index in [9.17, 15) is 9.59 Å². The molecule has 0 radical (unpaired) electrons. The van der Waals surface area contributed by atoms with Crippen molar-refractivity contribution in [2.45, 2.75) is 38.6 Å². The van der Waals surface area contributed by atoms with E-state index in [4.69, 9.17) is 11.6 Å². The Bertz CT molecular complexity index is 1250. The normalized spacial score (nSPS) is 16.2. The van der Waals surface area contributed by atoms with E-state index >= 15 is 0 Å². The van der Waals surface area contributed by atoms with Crippen molar-refractivity contribution in [3.05, 3.63) is 82.4 Å². The number of piperidine rings is 1. The monoisotopic (exact) mass is 487 g/mol. The van der Waals surface area contributed by atoms with Gasteiger partial charge >= 0.3 is 0 Å². The molecule has 0 aromatic heterocycles. The van der Waals surface area contributed by atoms with Gasteiger partial charge in [0.2, 0.25) is 5.91 Å². The first-order chi connectivity index (χ1) is 17.0. The highest BCUT2D eigenvalue weighted by Gasteiger charge is 2.22. The number of aryl methyl sites for hydroxylation is 1. The lowest BCUT2D eigenvalue weighted by molar-refractivity contribution is -0.118. The maximum absolute atomic E-state index is 13.2. The number of nitrogens with one attached hydrogen (secondary N) is 1. The molecule has 2 amide bonds. The summed E-state index contributed by atoms with van der Waals surface area (Å²) in [5.41, 5.74) is 6.65. The Morgan fingerprint density at radius 3 is 2.49 bits per heavy atom. The Morgan fingerprint density at radius 2 is 1.71 bits per heavy atom. The fourth-order valence-corrected chi connectivity index (χ4v) is 5.17. The van der Waals surface area contributed by atoms with Gasteiger partial charge in [-0.1, -0.05) is 42.3 Å². The van der Waals surface area contributed by atoms with Crippen LogP contribution in [0.2, 0.25) is 5.02 Å². The van der Waals surface area contributed by atoms with Crippen molar-refractivity contribution in [1.29, 1.82) is 0 Å². The minimum Gasteiger partial charge on any atom is -0.322 e. The Kier molecular flexibility index (Phi) is 6.89. The summed E-state index contributed by atoms with van der Waals surface area (Å²) in [5.74, 6) is -0.0570. The highest BCUT2D eigenvalue weighted by Crippen LogP contribution is 2.31. The van der Waals surface area contributed by atoms with Gasteiger partial charge in [-0.2, -0.15) is 0 Å². The first kappa shape index (κ1) is 23.6. The van der Waals surface area contributed by atoms with Gasteiger partial charge in [0.25, 0.3) is 5.91 Å². The van der Waals surface area contributed by atoms with Gasteiger partial charge in [-0.3, -0.25) is 14.5 Å². The molecule has 0 unspecified atom stereocenters. The van der Waals surface area contributed by atoms with Crippen molar-refractivity contribution in [3.8, 4) is 11.1 Å². The van der Waals surface area contributed by atoms with Crippen LogP contribution in [0.3, 0.4) is 0 Å². The lowest BCUT2D eigenvalue weighted by Crippen LogP contribution is -2.31. The number of amides is 2. The first-order valence-corrected chi connectivity index (χ1v) is 12.7. The van der Waals surface area contributed by atoms with E-state index in [0.717, 1.165) is 54.0 Å². The van der Waals surface area contributed by atoms with Crippen molar-refractivity contribution in [1.82, 2.24) is 4.90 Å². The second-order valence-electron chi connectivity index (χ2n) is 9.47. The fourth-order valence-electron chi connectivity index (χ4n) is 5.05. The SMILES string of the molecule is CN1C(=O)CCc2ccc(NC(=O)c3ccc(-c4ccc(Cl)cc4)c(CN4CCCCC4)c3)cc21. The molecule has 1 N–H and O–H groups in total. The summed E-state index contributed by atoms with van der Waals surface area (Å²) >= 11 is 6.12. The molecule has 1 saturated heterocycles. The third-order valence-electron chi connectivity index (χ3n) is 7.05. The summed E-state index contributed by atoms with van der Waals surface area (Å²) in [6, 6.07) is 19.6. The summed E-state index contributed by atoms with van der Waals surface area (Å²) in [7, 11) is 1.79. The predicted molar refractivity (Wildman–Crippen MR) is 142 cm³/mol. The minimum atomic E-state index is -0.155. The van der Waals surface area contributed by atoms with Crippen molar-refractivity contribution in [2.75, 3.05) is 30.4 Å². The van der Waals surface area contributed by atoms with Gasteiger partial charge in [0.15, 0.2) is 0 Å². The number of fused-ring (bicyclic) bond motifs is 1. The number of carbonyl (C=O) groups excluding carboxylic acids is 2. The maximum Gasteiger partial charge on any atom is 0.255 e. The third kappa shape index (κ3) is 5.26. The third-order valence-corrected chi connectivity index (χ3v) is 7.30. The minimum absolute atomic E-state index is 0.0983. The Balaban J connectivity index is 1.42. The molecule has 0 spiro atoms. The second-order valence-corrected chi connectivity index (χ2v) is 9.90. The number of hydrogen-bond donors (Lipinski definition) is 1. The van der Waals surface area contributed by atoms with E-state index in [0.29, 0.717) is 22.7 Å². The second kappa shape index (κ2) is 10.2. The fraction of sp³-hybridized carbons (Fsp3) is 0.310. The zero-order valence-corrected chi connectivity index (χ0v) is 20.8. The molecule has 180 valence electrons. The van der Waals surface area contributed by atoms with Crippen LogP contribution in [0.25, 0.3) is 11.1 Å². The molecule has 0 bridgehead atoms. The van der Waals surface area contributed by atoms with Crippen molar-refractivity contribution >= 4 is 34.8 Å².